The molecule has 8 aromatic carbocycles. The Hall–Kier alpha value is -7.74. The van der Waals surface area contributed by atoms with Crippen molar-refractivity contribution in [2.75, 3.05) is 0 Å². The lowest BCUT2D eigenvalue weighted by Gasteiger charge is -2.21. The number of fused-ring (bicyclic) bond motifs is 10. The van der Waals surface area contributed by atoms with Crippen LogP contribution in [-0.2, 0) is 0 Å². The normalized spacial score (nSPS) is 12.3. The van der Waals surface area contributed by atoms with E-state index >= 15 is 0 Å². The monoisotopic (exact) mass is 785 g/mol. The van der Waals surface area contributed by atoms with E-state index in [1.807, 2.05) is 72.4 Å². The second kappa shape index (κ2) is 12.9. The lowest BCUT2D eigenvalue weighted by molar-refractivity contribution is 0.669. The molecule has 0 bridgehead atoms. The summed E-state index contributed by atoms with van der Waals surface area (Å²) in [5.41, 5.74) is 12.4. The largest absolute Gasteiger partial charge is 0.456 e. The fourth-order valence-corrected chi connectivity index (χ4v) is 10.2. The fourth-order valence-electron chi connectivity index (χ4n) is 9.13. The van der Waals surface area contributed by atoms with Crippen LogP contribution in [0, 0.1) is 0 Å². The highest BCUT2D eigenvalue weighted by atomic mass is 32.2. The lowest BCUT2D eigenvalue weighted by Crippen LogP contribution is -2.05. The Morgan fingerprint density at radius 3 is 1.97 bits per heavy atom. The number of benzene rings is 8. The van der Waals surface area contributed by atoms with Gasteiger partial charge < -0.3 is 4.42 Å². The Bertz CT molecular complexity index is 3700. The topological polar surface area (TPSA) is 61.7 Å². The third-order valence-corrected chi connectivity index (χ3v) is 12.9. The van der Waals surface area contributed by atoms with Crippen LogP contribution in [0.3, 0.4) is 0 Å². The van der Waals surface area contributed by atoms with Crippen molar-refractivity contribution in [2.45, 2.75) is 9.79 Å². The summed E-state index contributed by atoms with van der Waals surface area (Å²) in [4.78, 5) is 17.9. The molecule has 7 heteroatoms. The smallest absolute Gasteiger partial charge is 0.164 e. The van der Waals surface area contributed by atoms with Crippen molar-refractivity contribution in [1.82, 2.24) is 24.1 Å². The molecule has 0 radical (unpaired) electrons. The number of furan rings is 1. The maximum absolute atomic E-state index is 6.27. The molecule has 6 nitrogen and oxygen atoms in total. The Labute approximate surface area is 348 Å². The first-order valence-corrected chi connectivity index (χ1v) is 20.8. The molecule has 0 saturated carbocycles. The first-order valence-electron chi connectivity index (χ1n) is 20.0. The lowest BCUT2D eigenvalue weighted by atomic mass is 10.0. The van der Waals surface area contributed by atoms with Crippen molar-refractivity contribution in [3.63, 3.8) is 0 Å². The van der Waals surface area contributed by atoms with Gasteiger partial charge in [0.1, 0.15) is 16.8 Å². The van der Waals surface area contributed by atoms with Crippen molar-refractivity contribution in [3.8, 4) is 56.7 Å². The van der Waals surface area contributed by atoms with Crippen LogP contribution in [0.4, 0.5) is 0 Å². The van der Waals surface area contributed by atoms with E-state index < -0.39 is 0 Å². The van der Waals surface area contributed by atoms with Crippen LogP contribution in [-0.4, -0.2) is 24.1 Å². The SMILES string of the molecule is c1ccc(-c2nc(-c3cccc(-c4ccc5c6c7cccc8c7n(c6n(-c6ccccc6)c5c4)-c4ccccc4S8)c3)nc(-c3cccc4oc5ccccc5c34)n2)cc1. The van der Waals surface area contributed by atoms with Crippen molar-refractivity contribution in [2.24, 2.45) is 0 Å². The second-order valence-corrected chi connectivity index (χ2v) is 16.3. The molecule has 4 aromatic heterocycles. The second-order valence-electron chi connectivity index (χ2n) is 15.2. The maximum atomic E-state index is 6.27. The van der Waals surface area contributed by atoms with Crippen LogP contribution >= 0.6 is 11.8 Å². The van der Waals surface area contributed by atoms with Crippen LogP contribution in [0.2, 0.25) is 0 Å². The molecule has 0 saturated heterocycles. The van der Waals surface area contributed by atoms with Gasteiger partial charge in [-0.25, -0.2) is 15.0 Å². The Morgan fingerprint density at radius 2 is 1.07 bits per heavy atom. The molecule has 0 unspecified atom stereocenters. The molecule has 0 atom stereocenters. The third kappa shape index (κ3) is 4.93. The highest BCUT2D eigenvalue weighted by Gasteiger charge is 2.28. The van der Waals surface area contributed by atoms with Gasteiger partial charge in [0.25, 0.3) is 0 Å². The summed E-state index contributed by atoms with van der Waals surface area (Å²) in [5, 5.41) is 5.76. The summed E-state index contributed by atoms with van der Waals surface area (Å²) < 4.78 is 11.2. The number of rotatable bonds is 5. The third-order valence-electron chi connectivity index (χ3n) is 11.8. The quantitative estimate of drug-likeness (QED) is 0.174. The molecule has 60 heavy (non-hydrogen) atoms. The van der Waals surface area contributed by atoms with Gasteiger partial charge in [0.15, 0.2) is 17.5 Å². The van der Waals surface area contributed by atoms with Crippen LogP contribution in [0.1, 0.15) is 0 Å². The van der Waals surface area contributed by atoms with Gasteiger partial charge in [-0.1, -0.05) is 145 Å². The van der Waals surface area contributed by atoms with E-state index in [0.717, 1.165) is 61.0 Å². The summed E-state index contributed by atoms with van der Waals surface area (Å²) in [6.45, 7) is 0. The van der Waals surface area contributed by atoms with E-state index in [1.165, 1.54) is 42.8 Å². The number of nitrogens with zero attached hydrogens (tertiary/aromatic N) is 5. The van der Waals surface area contributed by atoms with Crippen LogP contribution in [0.15, 0.2) is 202 Å². The molecule has 0 amide bonds. The van der Waals surface area contributed by atoms with E-state index in [2.05, 4.69) is 137 Å². The zero-order valence-corrected chi connectivity index (χ0v) is 32.8. The molecule has 1 aliphatic rings. The minimum Gasteiger partial charge on any atom is -0.456 e. The molecular weight excluding hydrogens is 755 g/mol. The van der Waals surface area contributed by atoms with E-state index in [0.29, 0.717) is 17.5 Å². The Morgan fingerprint density at radius 1 is 0.417 bits per heavy atom. The minimum atomic E-state index is 0.596. The van der Waals surface area contributed by atoms with Crippen molar-refractivity contribution < 1.29 is 4.42 Å². The minimum absolute atomic E-state index is 0.596. The zero-order chi connectivity index (χ0) is 39.3. The predicted octanol–water partition coefficient (Wildman–Crippen LogP) is 13.9. The van der Waals surface area contributed by atoms with Gasteiger partial charge in [-0.15, -0.1) is 0 Å². The molecule has 0 spiro atoms. The molecule has 13 rings (SSSR count). The van der Waals surface area contributed by atoms with Gasteiger partial charge in [-0.2, -0.15) is 0 Å². The molecule has 12 aromatic rings. The first kappa shape index (κ1) is 33.3. The summed E-state index contributed by atoms with van der Waals surface area (Å²) in [6.07, 6.45) is 0. The van der Waals surface area contributed by atoms with E-state index in [9.17, 15) is 0 Å². The van der Waals surface area contributed by atoms with Crippen LogP contribution in [0.25, 0.3) is 111 Å². The van der Waals surface area contributed by atoms with Crippen molar-refractivity contribution in [1.29, 1.82) is 0 Å². The Kier molecular flexibility index (Phi) is 7.14. The Balaban J connectivity index is 1.02. The predicted molar refractivity (Wildman–Crippen MR) is 244 cm³/mol. The molecule has 280 valence electrons. The molecule has 0 aliphatic carbocycles. The fraction of sp³-hybridized carbons (Fsp3) is 0. The van der Waals surface area contributed by atoms with Crippen LogP contribution in [0.5, 0.6) is 0 Å². The van der Waals surface area contributed by atoms with Gasteiger partial charge in [-0.3, -0.25) is 9.13 Å². The molecule has 5 heterocycles. The summed E-state index contributed by atoms with van der Waals surface area (Å²) in [7, 11) is 0. The van der Waals surface area contributed by atoms with Crippen LogP contribution < -0.4 is 0 Å². The standard InChI is InChI=1S/C53H31N5OS/c1-3-14-32(15-4-1)50-54-51(56-52(55-50)40-22-12-25-44-47(40)38-20-7-9-24-43(38)59-44)35-17-11-16-33(30-35)34-28-29-37-42(31-34)57(36-18-5-2-6-19-36)53-48(37)39-21-13-27-46-49(39)58(53)41-23-8-10-26-45(41)60-46/h1-31H. The van der Waals surface area contributed by atoms with Gasteiger partial charge in [-0.05, 0) is 65.7 Å². The van der Waals surface area contributed by atoms with Gasteiger partial charge in [0.05, 0.1) is 16.7 Å². The number of hydrogen-bond acceptors (Lipinski definition) is 5. The summed E-state index contributed by atoms with van der Waals surface area (Å²) >= 11 is 1.85. The molecule has 0 N–H and O–H groups in total. The molecule has 0 fully saturated rings. The van der Waals surface area contributed by atoms with E-state index in [1.54, 1.807) is 0 Å². The average molecular weight is 786 g/mol. The average Bonchev–Trinajstić information content (AvgIpc) is 3.98. The van der Waals surface area contributed by atoms with Gasteiger partial charge in [0.2, 0.25) is 0 Å². The molecule has 1 aliphatic heterocycles. The van der Waals surface area contributed by atoms with Crippen molar-refractivity contribution >= 4 is 66.5 Å². The number of hydrogen-bond donors (Lipinski definition) is 0. The number of para-hydroxylation sites is 4. The number of aromatic nitrogens is 5. The van der Waals surface area contributed by atoms with Crippen molar-refractivity contribution in [3.05, 3.63) is 188 Å². The summed E-state index contributed by atoms with van der Waals surface area (Å²) in [5.74, 6) is 1.81. The summed E-state index contributed by atoms with van der Waals surface area (Å²) in [6, 6.07) is 66.0. The highest BCUT2D eigenvalue weighted by Crippen LogP contribution is 2.50. The van der Waals surface area contributed by atoms with Gasteiger partial charge in [0, 0.05) is 59.1 Å². The first-order chi connectivity index (χ1) is 29.7. The maximum Gasteiger partial charge on any atom is 0.164 e. The van der Waals surface area contributed by atoms with Gasteiger partial charge >= 0.3 is 0 Å². The molecular formula is C53H31N5OS. The highest BCUT2D eigenvalue weighted by molar-refractivity contribution is 7.99. The zero-order valence-electron chi connectivity index (χ0n) is 32.0. The van der Waals surface area contributed by atoms with E-state index in [-0.39, 0.29) is 0 Å². The van der Waals surface area contributed by atoms with E-state index in [4.69, 9.17) is 19.4 Å².